The molecule has 0 bridgehead atoms. The predicted octanol–water partition coefficient (Wildman–Crippen LogP) is 2.37. The van der Waals surface area contributed by atoms with Crippen molar-refractivity contribution in [1.82, 2.24) is 9.97 Å². The first-order valence-electron chi connectivity index (χ1n) is 9.36. The van der Waals surface area contributed by atoms with Gasteiger partial charge in [-0.1, -0.05) is 11.2 Å². The van der Waals surface area contributed by atoms with Crippen molar-refractivity contribution in [2.75, 3.05) is 30.4 Å². The van der Waals surface area contributed by atoms with Gasteiger partial charge in [-0.3, -0.25) is 0 Å². The van der Waals surface area contributed by atoms with Gasteiger partial charge in [-0.15, -0.1) is 0 Å². The number of ether oxygens (including phenoxy) is 1. The maximum atomic E-state index is 12.2. The number of aliphatic hydroxyl groups excluding tert-OH is 1. The molecule has 1 aliphatic heterocycles. The molecule has 160 valence electrons. The fourth-order valence-electron chi connectivity index (χ4n) is 3.60. The van der Waals surface area contributed by atoms with Crippen molar-refractivity contribution in [3.8, 4) is 5.88 Å². The highest BCUT2D eigenvalue weighted by molar-refractivity contribution is 5.88. The summed E-state index contributed by atoms with van der Waals surface area (Å²) in [6.07, 6.45) is -2.66. The predicted molar refractivity (Wildman–Crippen MR) is 102 cm³/mol. The fourth-order valence-corrected chi connectivity index (χ4v) is 3.60. The SMILES string of the molecule is Nc1ncnc2c1C(O)N(c1ccc3c(c1)CC/C(=N\OCC(F)(F)F)C3)CCO2. The minimum Gasteiger partial charge on any atom is -0.475 e. The summed E-state index contributed by atoms with van der Waals surface area (Å²) in [7, 11) is 0. The minimum absolute atomic E-state index is 0.150. The van der Waals surface area contributed by atoms with E-state index in [1.807, 2.05) is 18.2 Å². The Morgan fingerprint density at radius 1 is 1.27 bits per heavy atom. The molecule has 2 aliphatic rings. The molecule has 0 saturated carbocycles. The number of fused-ring (bicyclic) bond motifs is 2. The first-order valence-corrected chi connectivity index (χ1v) is 9.36. The minimum atomic E-state index is -4.41. The van der Waals surface area contributed by atoms with Gasteiger partial charge in [-0.05, 0) is 36.1 Å². The van der Waals surface area contributed by atoms with Gasteiger partial charge in [0, 0.05) is 12.1 Å². The van der Waals surface area contributed by atoms with E-state index in [0.717, 1.165) is 16.8 Å². The number of nitrogens with two attached hydrogens (primary N) is 1. The van der Waals surface area contributed by atoms with E-state index in [9.17, 15) is 18.3 Å². The fraction of sp³-hybridized carbons (Fsp3) is 0.421. The lowest BCUT2D eigenvalue weighted by molar-refractivity contribution is -0.173. The van der Waals surface area contributed by atoms with E-state index in [-0.39, 0.29) is 11.7 Å². The summed E-state index contributed by atoms with van der Waals surface area (Å²) in [5, 5.41) is 14.5. The molecule has 0 radical (unpaired) electrons. The molecule has 0 amide bonds. The first kappa shape index (κ1) is 20.2. The Balaban J connectivity index is 1.53. The van der Waals surface area contributed by atoms with E-state index in [0.29, 0.717) is 43.7 Å². The average molecular weight is 423 g/mol. The lowest BCUT2D eigenvalue weighted by Gasteiger charge is -2.29. The van der Waals surface area contributed by atoms with Crippen molar-refractivity contribution >= 4 is 17.2 Å². The zero-order valence-electron chi connectivity index (χ0n) is 15.9. The Hall–Kier alpha value is -3.08. The van der Waals surface area contributed by atoms with Crippen molar-refractivity contribution in [3.63, 3.8) is 0 Å². The number of benzene rings is 1. The van der Waals surface area contributed by atoms with Gasteiger partial charge in [0.2, 0.25) is 12.5 Å². The Morgan fingerprint density at radius 2 is 2.10 bits per heavy atom. The Bertz CT molecular complexity index is 967. The van der Waals surface area contributed by atoms with E-state index in [2.05, 4.69) is 20.0 Å². The van der Waals surface area contributed by atoms with Gasteiger partial charge in [0.25, 0.3) is 0 Å². The largest absolute Gasteiger partial charge is 0.475 e. The molecule has 0 spiro atoms. The molecule has 2 heterocycles. The number of aliphatic hydroxyl groups is 1. The number of nitrogens with zero attached hydrogens (tertiary/aromatic N) is 4. The summed E-state index contributed by atoms with van der Waals surface area (Å²) >= 11 is 0. The number of rotatable bonds is 3. The number of hydrogen-bond donors (Lipinski definition) is 2. The second-order valence-electron chi connectivity index (χ2n) is 7.07. The van der Waals surface area contributed by atoms with Crippen LogP contribution >= 0.6 is 0 Å². The highest BCUT2D eigenvalue weighted by Gasteiger charge is 2.30. The number of alkyl halides is 3. The maximum absolute atomic E-state index is 12.2. The van der Waals surface area contributed by atoms with Crippen LogP contribution in [0.1, 0.15) is 29.3 Å². The molecule has 8 nitrogen and oxygen atoms in total. The highest BCUT2D eigenvalue weighted by atomic mass is 19.4. The Kier molecular flexibility index (Phi) is 5.37. The zero-order valence-corrected chi connectivity index (χ0v) is 15.9. The van der Waals surface area contributed by atoms with Gasteiger partial charge >= 0.3 is 6.18 Å². The molecule has 1 unspecified atom stereocenters. The van der Waals surface area contributed by atoms with Crippen LogP contribution < -0.4 is 15.4 Å². The smallest absolute Gasteiger partial charge is 0.425 e. The van der Waals surface area contributed by atoms with Crippen molar-refractivity contribution in [3.05, 3.63) is 41.2 Å². The number of oxime groups is 1. The van der Waals surface area contributed by atoms with Crippen LogP contribution in [0.4, 0.5) is 24.7 Å². The van der Waals surface area contributed by atoms with Gasteiger partial charge in [0.05, 0.1) is 12.3 Å². The third kappa shape index (κ3) is 4.25. The second-order valence-corrected chi connectivity index (χ2v) is 7.07. The van der Waals surface area contributed by atoms with Crippen LogP contribution in [0.15, 0.2) is 29.7 Å². The molecule has 0 fully saturated rings. The molecule has 0 saturated heterocycles. The molecule has 11 heteroatoms. The summed E-state index contributed by atoms with van der Waals surface area (Å²) in [6, 6.07) is 5.68. The quantitative estimate of drug-likeness (QED) is 0.730. The summed E-state index contributed by atoms with van der Waals surface area (Å²) < 4.78 is 42.2. The zero-order chi connectivity index (χ0) is 21.3. The molecular weight excluding hydrogens is 403 g/mol. The van der Waals surface area contributed by atoms with Crippen LogP contribution in [-0.4, -0.2) is 46.7 Å². The van der Waals surface area contributed by atoms with Crippen molar-refractivity contribution < 1.29 is 27.9 Å². The van der Waals surface area contributed by atoms with Crippen molar-refractivity contribution in [2.24, 2.45) is 5.16 Å². The van der Waals surface area contributed by atoms with Crippen LogP contribution in [0.3, 0.4) is 0 Å². The van der Waals surface area contributed by atoms with Gasteiger partial charge in [-0.2, -0.15) is 13.2 Å². The molecule has 4 rings (SSSR count). The highest BCUT2D eigenvalue weighted by Crippen LogP contribution is 2.36. The first-order chi connectivity index (χ1) is 14.3. The Labute approximate surface area is 170 Å². The molecular formula is C19H20F3N5O3. The van der Waals surface area contributed by atoms with E-state index in [4.69, 9.17) is 10.5 Å². The van der Waals surface area contributed by atoms with E-state index >= 15 is 0 Å². The van der Waals surface area contributed by atoms with Crippen LogP contribution in [-0.2, 0) is 17.7 Å². The van der Waals surface area contributed by atoms with E-state index < -0.39 is 19.0 Å². The number of anilines is 2. The molecule has 2 aromatic rings. The van der Waals surface area contributed by atoms with Gasteiger partial charge in [-0.25, -0.2) is 9.97 Å². The number of nitrogen functional groups attached to an aromatic ring is 1. The van der Waals surface area contributed by atoms with Crippen molar-refractivity contribution in [1.29, 1.82) is 0 Å². The van der Waals surface area contributed by atoms with Gasteiger partial charge in [0.15, 0.2) is 6.23 Å². The molecule has 3 N–H and O–H groups in total. The monoisotopic (exact) mass is 423 g/mol. The second kappa shape index (κ2) is 7.98. The molecule has 1 aromatic carbocycles. The third-order valence-electron chi connectivity index (χ3n) is 5.02. The van der Waals surface area contributed by atoms with E-state index in [1.54, 1.807) is 4.90 Å². The van der Waals surface area contributed by atoms with Crippen LogP contribution in [0.25, 0.3) is 0 Å². The Morgan fingerprint density at radius 3 is 2.90 bits per heavy atom. The van der Waals surface area contributed by atoms with Gasteiger partial charge in [0.1, 0.15) is 24.3 Å². The summed E-state index contributed by atoms with van der Waals surface area (Å²) in [6.45, 7) is -0.676. The summed E-state index contributed by atoms with van der Waals surface area (Å²) in [5.74, 6) is 0.409. The van der Waals surface area contributed by atoms with Crippen molar-refractivity contribution in [2.45, 2.75) is 31.7 Å². The topological polar surface area (TPSA) is 106 Å². The lowest BCUT2D eigenvalue weighted by atomic mass is 9.90. The molecule has 30 heavy (non-hydrogen) atoms. The average Bonchev–Trinajstić information content (AvgIpc) is 2.86. The van der Waals surface area contributed by atoms with Gasteiger partial charge < -0.3 is 25.3 Å². The number of halogens is 3. The third-order valence-corrected chi connectivity index (χ3v) is 5.02. The summed E-state index contributed by atoms with van der Waals surface area (Å²) in [5.41, 5.74) is 9.59. The number of aromatic nitrogens is 2. The standard InChI is InChI=1S/C19H20F3N5O3/c20-19(21,22)9-30-26-13-3-1-12-8-14(4-2-11(12)7-13)27-5-6-29-17-15(18(27)28)16(23)24-10-25-17/h2,4,8,10,18,28H,1,3,5-7,9H2,(H2,23,24,25)/b26-13+. The van der Waals surface area contributed by atoms with Crippen LogP contribution in [0.5, 0.6) is 5.88 Å². The lowest BCUT2D eigenvalue weighted by Crippen LogP contribution is -2.31. The van der Waals surface area contributed by atoms with Crippen LogP contribution in [0, 0.1) is 0 Å². The molecule has 1 aromatic heterocycles. The van der Waals surface area contributed by atoms with E-state index in [1.165, 1.54) is 6.33 Å². The normalized spacial score (nSPS) is 20.2. The number of hydrogen-bond acceptors (Lipinski definition) is 8. The maximum Gasteiger partial charge on any atom is 0.425 e. The molecule has 1 atom stereocenters. The summed E-state index contributed by atoms with van der Waals surface area (Å²) in [4.78, 5) is 14.2. The molecule has 1 aliphatic carbocycles. The number of aryl methyl sites for hydroxylation is 1. The van der Waals surface area contributed by atoms with Crippen LogP contribution in [0.2, 0.25) is 0 Å².